The highest BCUT2D eigenvalue weighted by atomic mass is 15.1. The van der Waals surface area contributed by atoms with E-state index in [9.17, 15) is 0 Å². The summed E-state index contributed by atoms with van der Waals surface area (Å²) >= 11 is 0. The second-order valence-corrected chi connectivity index (χ2v) is 3.14. The van der Waals surface area contributed by atoms with Crippen LogP contribution in [0.25, 0.3) is 0 Å². The van der Waals surface area contributed by atoms with E-state index in [0.717, 1.165) is 6.54 Å². The molecule has 0 spiro atoms. The van der Waals surface area contributed by atoms with Crippen molar-refractivity contribution < 1.29 is 0 Å². The zero-order valence-electron chi connectivity index (χ0n) is 9.81. The molecule has 0 amide bonds. The summed E-state index contributed by atoms with van der Waals surface area (Å²) < 4.78 is 0. The van der Waals surface area contributed by atoms with Crippen LogP contribution in [-0.2, 0) is 0 Å². The molecule has 74 valence electrons. The Kier molecular flexibility index (Phi) is 10.4. The molecule has 0 aliphatic carbocycles. The van der Waals surface area contributed by atoms with Crippen LogP contribution in [0.3, 0.4) is 0 Å². The topological polar surface area (TPSA) is 3.24 Å². The number of hydrogen-bond donors (Lipinski definition) is 0. The van der Waals surface area contributed by atoms with Crippen LogP contribution in [0.5, 0.6) is 0 Å². The SMILES string of the molecule is C/C=C(\C)CN(C)C(C)C.CC. The molecule has 0 saturated carbocycles. The van der Waals surface area contributed by atoms with Gasteiger partial charge in [-0.1, -0.05) is 25.5 Å². The molecule has 0 rings (SSSR count). The van der Waals surface area contributed by atoms with Crippen molar-refractivity contribution in [1.82, 2.24) is 4.90 Å². The van der Waals surface area contributed by atoms with E-state index in [-0.39, 0.29) is 0 Å². The fourth-order valence-electron chi connectivity index (χ4n) is 0.667. The van der Waals surface area contributed by atoms with Crippen molar-refractivity contribution >= 4 is 0 Å². The maximum absolute atomic E-state index is 2.33. The van der Waals surface area contributed by atoms with Gasteiger partial charge in [-0.3, -0.25) is 0 Å². The summed E-state index contributed by atoms with van der Waals surface area (Å²) in [6, 6.07) is 0.648. The smallest absolute Gasteiger partial charge is 0.0189 e. The number of likely N-dealkylation sites (N-methyl/N-ethyl adjacent to an activating group) is 1. The van der Waals surface area contributed by atoms with Gasteiger partial charge in [-0.05, 0) is 34.7 Å². The third-order valence-electron chi connectivity index (χ3n) is 1.87. The van der Waals surface area contributed by atoms with Crippen LogP contribution in [-0.4, -0.2) is 24.5 Å². The molecule has 0 bridgehead atoms. The maximum Gasteiger partial charge on any atom is 0.0189 e. The minimum Gasteiger partial charge on any atom is -0.300 e. The van der Waals surface area contributed by atoms with Crippen LogP contribution in [0.1, 0.15) is 41.5 Å². The first-order valence-corrected chi connectivity index (χ1v) is 4.90. The normalized spacial score (nSPS) is 11.6. The van der Waals surface area contributed by atoms with E-state index in [1.807, 2.05) is 13.8 Å². The standard InChI is InChI=1S/C9H19N.C2H6/c1-6-9(4)7-10(5)8(2)3;1-2/h6,8H,7H2,1-5H3;1-2H3/b9-6+;. The van der Waals surface area contributed by atoms with Crippen molar-refractivity contribution in [3.8, 4) is 0 Å². The van der Waals surface area contributed by atoms with Gasteiger partial charge in [0.05, 0.1) is 0 Å². The second kappa shape index (κ2) is 8.79. The van der Waals surface area contributed by atoms with Gasteiger partial charge < -0.3 is 4.90 Å². The van der Waals surface area contributed by atoms with Gasteiger partial charge in [0, 0.05) is 12.6 Å². The molecule has 1 nitrogen and oxygen atoms in total. The van der Waals surface area contributed by atoms with Crippen molar-refractivity contribution in [3.05, 3.63) is 11.6 Å². The molecule has 1 heteroatoms. The first-order valence-electron chi connectivity index (χ1n) is 4.90. The molecular weight excluding hydrogens is 146 g/mol. The van der Waals surface area contributed by atoms with Crippen molar-refractivity contribution in [2.45, 2.75) is 47.6 Å². The Hall–Kier alpha value is -0.300. The largest absolute Gasteiger partial charge is 0.300 e. The van der Waals surface area contributed by atoms with Crippen molar-refractivity contribution in [2.24, 2.45) is 0 Å². The Morgan fingerprint density at radius 2 is 1.75 bits per heavy atom. The molecule has 0 aliphatic heterocycles. The van der Waals surface area contributed by atoms with Gasteiger partial charge in [0.2, 0.25) is 0 Å². The lowest BCUT2D eigenvalue weighted by molar-refractivity contribution is 0.296. The third-order valence-corrected chi connectivity index (χ3v) is 1.87. The number of allylic oxidation sites excluding steroid dienone is 1. The van der Waals surface area contributed by atoms with Crippen molar-refractivity contribution in [2.75, 3.05) is 13.6 Å². The lowest BCUT2D eigenvalue weighted by Gasteiger charge is -2.20. The molecule has 0 unspecified atom stereocenters. The van der Waals surface area contributed by atoms with Crippen LogP contribution in [0.4, 0.5) is 0 Å². The summed E-state index contributed by atoms with van der Waals surface area (Å²) in [4.78, 5) is 2.33. The summed E-state index contributed by atoms with van der Waals surface area (Å²) in [6.45, 7) is 13.8. The number of rotatable bonds is 3. The van der Waals surface area contributed by atoms with Gasteiger partial charge in [-0.2, -0.15) is 0 Å². The highest BCUT2D eigenvalue weighted by Gasteiger charge is 2.01. The minimum absolute atomic E-state index is 0.648. The predicted molar refractivity (Wildman–Crippen MR) is 58.5 cm³/mol. The Bertz CT molecular complexity index is 114. The molecule has 0 saturated heterocycles. The number of hydrogen-bond acceptors (Lipinski definition) is 1. The summed E-state index contributed by atoms with van der Waals surface area (Å²) in [5.74, 6) is 0. The van der Waals surface area contributed by atoms with Crippen LogP contribution in [0.15, 0.2) is 11.6 Å². The Labute approximate surface area is 78.5 Å². The van der Waals surface area contributed by atoms with Gasteiger partial charge in [0.15, 0.2) is 0 Å². The maximum atomic E-state index is 2.33. The fourth-order valence-corrected chi connectivity index (χ4v) is 0.667. The first-order chi connectivity index (χ1) is 5.57. The molecule has 0 atom stereocenters. The van der Waals surface area contributed by atoms with E-state index >= 15 is 0 Å². The average Bonchev–Trinajstić information content (AvgIpc) is 2.07. The van der Waals surface area contributed by atoms with Gasteiger partial charge in [-0.15, -0.1) is 0 Å². The van der Waals surface area contributed by atoms with Crippen molar-refractivity contribution in [3.63, 3.8) is 0 Å². The highest BCUT2D eigenvalue weighted by Crippen LogP contribution is 1.99. The molecule has 0 aliphatic rings. The molecular formula is C11H25N. The zero-order chi connectivity index (χ0) is 10.1. The Morgan fingerprint density at radius 3 is 2.00 bits per heavy atom. The molecule has 0 heterocycles. The molecule has 0 radical (unpaired) electrons. The van der Waals surface area contributed by atoms with Crippen LogP contribution in [0, 0.1) is 0 Å². The second-order valence-electron chi connectivity index (χ2n) is 3.14. The summed E-state index contributed by atoms with van der Waals surface area (Å²) in [5, 5.41) is 0. The fraction of sp³-hybridized carbons (Fsp3) is 0.818. The molecule has 0 aromatic rings. The van der Waals surface area contributed by atoms with Gasteiger partial charge in [-0.25, -0.2) is 0 Å². The zero-order valence-corrected chi connectivity index (χ0v) is 9.81. The van der Waals surface area contributed by atoms with E-state index in [1.165, 1.54) is 5.57 Å². The van der Waals surface area contributed by atoms with Gasteiger partial charge in [0.1, 0.15) is 0 Å². The van der Waals surface area contributed by atoms with E-state index in [2.05, 4.69) is 45.7 Å². The average molecular weight is 171 g/mol. The van der Waals surface area contributed by atoms with Gasteiger partial charge >= 0.3 is 0 Å². The van der Waals surface area contributed by atoms with Crippen LogP contribution in [0.2, 0.25) is 0 Å². The predicted octanol–water partition coefficient (Wildman–Crippen LogP) is 3.32. The molecule has 12 heavy (non-hydrogen) atoms. The highest BCUT2D eigenvalue weighted by molar-refractivity contribution is 4.98. The lowest BCUT2D eigenvalue weighted by Crippen LogP contribution is -2.27. The van der Waals surface area contributed by atoms with E-state index in [1.54, 1.807) is 0 Å². The van der Waals surface area contributed by atoms with Crippen LogP contribution >= 0.6 is 0 Å². The molecule has 0 aromatic carbocycles. The van der Waals surface area contributed by atoms with Crippen LogP contribution < -0.4 is 0 Å². The number of nitrogens with zero attached hydrogens (tertiary/aromatic N) is 1. The summed E-state index contributed by atoms with van der Waals surface area (Å²) in [7, 11) is 2.15. The molecule has 0 aromatic heterocycles. The monoisotopic (exact) mass is 171 g/mol. The quantitative estimate of drug-likeness (QED) is 0.589. The first kappa shape index (κ1) is 14.2. The van der Waals surface area contributed by atoms with Gasteiger partial charge in [0.25, 0.3) is 0 Å². The van der Waals surface area contributed by atoms with E-state index < -0.39 is 0 Å². The lowest BCUT2D eigenvalue weighted by atomic mass is 10.2. The third kappa shape index (κ3) is 7.80. The molecule has 0 N–H and O–H groups in total. The van der Waals surface area contributed by atoms with E-state index in [0.29, 0.717) is 6.04 Å². The summed E-state index contributed by atoms with van der Waals surface area (Å²) in [5.41, 5.74) is 1.44. The van der Waals surface area contributed by atoms with Crippen molar-refractivity contribution in [1.29, 1.82) is 0 Å². The Morgan fingerprint density at radius 1 is 1.33 bits per heavy atom. The minimum atomic E-state index is 0.648. The molecule has 0 fully saturated rings. The summed E-state index contributed by atoms with van der Waals surface area (Å²) in [6.07, 6.45) is 2.17. The van der Waals surface area contributed by atoms with E-state index in [4.69, 9.17) is 0 Å². The Balaban J connectivity index is 0.